The normalized spacial score (nSPS) is 10.4. The van der Waals surface area contributed by atoms with E-state index in [4.69, 9.17) is 5.11 Å². The molecule has 6 heteroatoms. The second-order valence-corrected chi connectivity index (χ2v) is 5.15. The summed E-state index contributed by atoms with van der Waals surface area (Å²) in [4.78, 5) is 16.9. The van der Waals surface area contributed by atoms with E-state index >= 15 is 0 Å². The number of carboxylic acids is 1. The van der Waals surface area contributed by atoms with Gasteiger partial charge < -0.3 is 10.4 Å². The van der Waals surface area contributed by atoms with Gasteiger partial charge in [0.1, 0.15) is 5.56 Å². The summed E-state index contributed by atoms with van der Waals surface area (Å²) in [6.45, 7) is 2.50. The number of aromatic carboxylic acids is 1. The minimum atomic E-state index is -1.30. The largest absolute Gasteiger partial charge is 0.478 e. The highest BCUT2D eigenvalue weighted by Crippen LogP contribution is 2.20. The zero-order valence-electron chi connectivity index (χ0n) is 10.3. The number of aryl methyl sites for hydroxylation is 1. The van der Waals surface area contributed by atoms with Gasteiger partial charge in [0.05, 0.1) is 6.54 Å². The molecule has 2 N–H and O–H groups in total. The monoisotopic (exact) mass is 280 g/mol. The van der Waals surface area contributed by atoms with Gasteiger partial charge in [-0.2, -0.15) is 0 Å². The number of thiophene rings is 1. The molecule has 0 aliphatic rings. The van der Waals surface area contributed by atoms with Crippen LogP contribution in [-0.2, 0) is 13.0 Å². The number of nitrogens with one attached hydrogen (secondary N) is 1. The minimum Gasteiger partial charge on any atom is -0.478 e. The maximum absolute atomic E-state index is 13.8. The molecule has 0 bridgehead atoms. The summed E-state index contributed by atoms with van der Waals surface area (Å²) >= 11 is 1.64. The first-order chi connectivity index (χ1) is 9.11. The molecular weight excluding hydrogens is 267 g/mol. The van der Waals surface area contributed by atoms with Crippen LogP contribution in [0.3, 0.4) is 0 Å². The molecule has 0 saturated heterocycles. The Morgan fingerprint density at radius 3 is 2.79 bits per heavy atom. The second-order valence-electron chi connectivity index (χ2n) is 3.90. The van der Waals surface area contributed by atoms with Gasteiger partial charge in [0.25, 0.3) is 0 Å². The third-order valence-corrected chi connectivity index (χ3v) is 3.85. The summed E-state index contributed by atoms with van der Waals surface area (Å²) in [5.41, 5.74) is -0.377. The number of pyridine rings is 1. The van der Waals surface area contributed by atoms with Gasteiger partial charge >= 0.3 is 5.97 Å². The van der Waals surface area contributed by atoms with Crippen molar-refractivity contribution >= 4 is 23.1 Å². The van der Waals surface area contributed by atoms with Gasteiger partial charge in [-0.1, -0.05) is 6.92 Å². The van der Waals surface area contributed by atoms with Crippen molar-refractivity contribution in [3.63, 3.8) is 0 Å². The van der Waals surface area contributed by atoms with E-state index in [1.165, 1.54) is 11.1 Å². The van der Waals surface area contributed by atoms with Crippen LogP contribution >= 0.6 is 11.3 Å². The molecule has 0 fully saturated rings. The lowest BCUT2D eigenvalue weighted by molar-refractivity contribution is 0.0692. The van der Waals surface area contributed by atoms with Crippen molar-refractivity contribution in [3.8, 4) is 0 Å². The van der Waals surface area contributed by atoms with Gasteiger partial charge in [-0.3, -0.25) is 0 Å². The minimum absolute atomic E-state index is 0.0358. The van der Waals surface area contributed by atoms with Crippen molar-refractivity contribution < 1.29 is 14.3 Å². The molecule has 19 heavy (non-hydrogen) atoms. The number of hydrogen-bond acceptors (Lipinski definition) is 4. The van der Waals surface area contributed by atoms with Crippen molar-refractivity contribution in [2.75, 3.05) is 5.32 Å². The van der Waals surface area contributed by atoms with E-state index < -0.39 is 11.8 Å². The summed E-state index contributed by atoms with van der Waals surface area (Å²) < 4.78 is 13.8. The average Bonchev–Trinajstić information content (AvgIpc) is 2.85. The van der Waals surface area contributed by atoms with Crippen LogP contribution in [0.1, 0.15) is 27.0 Å². The van der Waals surface area contributed by atoms with E-state index in [9.17, 15) is 9.18 Å². The lowest BCUT2D eigenvalue weighted by Gasteiger charge is -2.06. The predicted molar refractivity (Wildman–Crippen MR) is 72.2 cm³/mol. The Hall–Kier alpha value is -1.95. The first-order valence-corrected chi connectivity index (χ1v) is 6.62. The van der Waals surface area contributed by atoms with Crippen LogP contribution in [0, 0.1) is 5.82 Å². The van der Waals surface area contributed by atoms with Crippen molar-refractivity contribution in [2.45, 2.75) is 19.9 Å². The van der Waals surface area contributed by atoms with E-state index in [2.05, 4.69) is 17.2 Å². The predicted octanol–water partition coefficient (Wildman–Crippen LogP) is 3.15. The maximum Gasteiger partial charge on any atom is 0.338 e. The van der Waals surface area contributed by atoms with E-state index in [-0.39, 0.29) is 11.4 Å². The highest BCUT2D eigenvalue weighted by Gasteiger charge is 2.14. The van der Waals surface area contributed by atoms with Gasteiger partial charge in [-0.25, -0.2) is 14.2 Å². The molecular formula is C13H13FN2O2S. The summed E-state index contributed by atoms with van der Waals surface area (Å²) in [6.07, 6.45) is 2.24. The highest BCUT2D eigenvalue weighted by atomic mass is 32.1. The van der Waals surface area contributed by atoms with Crippen LogP contribution in [0.15, 0.2) is 24.4 Å². The third kappa shape index (κ3) is 3.08. The lowest BCUT2D eigenvalue weighted by Crippen LogP contribution is -2.07. The standard InChI is InChI=1S/C13H13FN2O2S/c1-2-8-3-4-9(19-8)7-16-12-11(14)10(13(17)18)5-6-15-12/h3-6H,2,7H2,1H3,(H,15,16)(H,17,18). The van der Waals surface area contributed by atoms with Crippen LogP contribution in [0.2, 0.25) is 0 Å². The van der Waals surface area contributed by atoms with Crippen molar-refractivity contribution in [1.82, 2.24) is 4.98 Å². The van der Waals surface area contributed by atoms with Crippen LogP contribution < -0.4 is 5.32 Å². The second kappa shape index (κ2) is 5.79. The van der Waals surface area contributed by atoms with Gasteiger partial charge in [-0.05, 0) is 24.6 Å². The number of aromatic nitrogens is 1. The molecule has 0 radical (unpaired) electrons. The first kappa shape index (κ1) is 13.5. The van der Waals surface area contributed by atoms with Gasteiger partial charge in [0.15, 0.2) is 11.6 Å². The number of halogens is 1. The molecule has 0 aromatic carbocycles. The quantitative estimate of drug-likeness (QED) is 0.883. The summed E-state index contributed by atoms with van der Waals surface area (Å²) in [6, 6.07) is 5.14. The fourth-order valence-electron chi connectivity index (χ4n) is 1.61. The van der Waals surface area contributed by atoms with Gasteiger partial charge in [-0.15, -0.1) is 11.3 Å². The molecule has 2 heterocycles. The molecule has 0 spiro atoms. The number of nitrogens with zero attached hydrogens (tertiary/aromatic N) is 1. The third-order valence-electron chi connectivity index (χ3n) is 2.62. The van der Waals surface area contributed by atoms with E-state index in [0.717, 1.165) is 17.4 Å². The molecule has 0 atom stereocenters. The number of rotatable bonds is 5. The SMILES string of the molecule is CCc1ccc(CNc2nccc(C(=O)O)c2F)s1. The van der Waals surface area contributed by atoms with Gasteiger partial charge in [0, 0.05) is 16.0 Å². The summed E-state index contributed by atoms with van der Waals surface area (Å²) in [5, 5.41) is 11.6. The smallest absolute Gasteiger partial charge is 0.338 e. The zero-order valence-corrected chi connectivity index (χ0v) is 11.1. The van der Waals surface area contributed by atoms with Crippen LogP contribution in [-0.4, -0.2) is 16.1 Å². The molecule has 0 amide bonds. The molecule has 2 aromatic rings. The molecule has 0 unspecified atom stereocenters. The lowest BCUT2D eigenvalue weighted by atomic mass is 10.2. The molecule has 0 saturated carbocycles. The number of carboxylic acid groups (broad SMARTS) is 1. The van der Waals surface area contributed by atoms with E-state index in [1.807, 2.05) is 12.1 Å². The Bertz CT molecular complexity index is 598. The van der Waals surface area contributed by atoms with E-state index in [1.54, 1.807) is 11.3 Å². The number of anilines is 1. The topological polar surface area (TPSA) is 62.2 Å². The van der Waals surface area contributed by atoms with Crippen LogP contribution in [0.25, 0.3) is 0 Å². The molecule has 0 aliphatic carbocycles. The van der Waals surface area contributed by atoms with Crippen LogP contribution in [0.4, 0.5) is 10.2 Å². The maximum atomic E-state index is 13.8. The average molecular weight is 280 g/mol. The molecule has 2 aromatic heterocycles. The summed E-state index contributed by atoms with van der Waals surface area (Å²) in [5.74, 6) is -2.17. The number of carbonyl (C=O) groups is 1. The Balaban J connectivity index is 2.11. The zero-order chi connectivity index (χ0) is 13.8. The molecule has 2 rings (SSSR count). The van der Waals surface area contributed by atoms with Crippen molar-refractivity contribution in [2.24, 2.45) is 0 Å². The van der Waals surface area contributed by atoms with Crippen molar-refractivity contribution in [1.29, 1.82) is 0 Å². The number of hydrogen-bond donors (Lipinski definition) is 2. The van der Waals surface area contributed by atoms with Gasteiger partial charge in [0.2, 0.25) is 0 Å². The molecule has 4 nitrogen and oxygen atoms in total. The Morgan fingerprint density at radius 1 is 1.42 bits per heavy atom. The highest BCUT2D eigenvalue weighted by molar-refractivity contribution is 7.12. The Morgan fingerprint density at radius 2 is 2.16 bits per heavy atom. The van der Waals surface area contributed by atoms with E-state index in [0.29, 0.717) is 6.54 Å². The Labute approximate surface area is 113 Å². The summed E-state index contributed by atoms with van der Waals surface area (Å²) in [7, 11) is 0. The van der Waals surface area contributed by atoms with Crippen LogP contribution in [0.5, 0.6) is 0 Å². The Kier molecular flexibility index (Phi) is 4.11. The fraction of sp³-hybridized carbons (Fsp3) is 0.231. The molecule has 0 aliphatic heterocycles. The first-order valence-electron chi connectivity index (χ1n) is 5.81. The molecule has 100 valence electrons. The fourth-order valence-corrected chi connectivity index (χ4v) is 2.51. The van der Waals surface area contributed by atoms with Crippen molar-refractivity contribution in [3.05, 3.63) is 45.5 Å².